The Morgan fingerprint density at radius 1 is 1.00 bits per heavy atom. The normalized spacial score (nSPS) is 14.8. The summed E-state index contributed by atoms with van der Waals surface area (Å²) in [6.07, 6.45) is 2.06. The first-order valence-electron chi connectivity index (χ1n) is 9.22. The number of para-hydroxylation sites is 1. The lowest BCUT2D eigenvalue weighted by Crippen LogP contribution is -2.37. The first kappa shape index (κ1) is 18.4. The average Bonchev–Trinajstić information content (AvgIpc) is 2.69. The van der Waals surface area contributed by atoms with Gasteiger partial charge in [0.25, 0.3) is 5.91 Å². The maximum absolute atomic E-state index is 12.3. The SMILES string of the molecule is O=C(NCCCCN1CCOCC1)c1cccc(Oc2ccccc2)c1. The second kappa shape index (κ2) is 9.94. The minimum Gasteiger partial charge on any atom is -0.457 e. The summed E-state index contributed by atoms with van der Waals surface area (Å²) in [7, 11) is 0. The van der Waals surface area contributed by atoms with Crippen molar-refractivity contribution in [3.8, 4) is 11.5 Å². The summed E-state index contributed by atoms with van der Waals surface area (Å²) in [5, 5.41) is 2.99. The first-order chi connectivity index (χ1) is 12.8. The zero-order valence-electron chi connectivity index (χ0n) is 15.0. The number of hydrogen-bond donors (Lipinski definition) is 1. The molecule has 2 aromatic rings. The van der Waals surface area contributed by atoms with Crippen LogP contribution in [0.25, 0.3) is 0 Å². The molecule has 138 valence electrons. The zero-order valence-corrected chi connectivity index (χ0v) is 15.0. The molecule has 1 amide bonds. The molecule has 0 atom stereocenters. The van der Waals surface area contributed by atoms with Crippen molar-refractivity contribution in [2.45, 2.75) is 12.8 Å². The summed E-state index contributed by atoms with van der Waals surface area (Å²) in [6, 6.07) is 16.8. The minimum atomic E-state index is -0.0603. The number of amides is 1. The molecule has 3 rings (SSSR count). The molecule has 1 fully saturated rings. The topological polar surface area (TPSA) is 50.8 Å². The van der Waals surface area contributed by atoms with Crippen LogP contribution in [0.2, 0.25) is 0 Å². The van der Waals surface area contributed by atoms with Gasteiger partial charge in [-0.1, -0.05) is 24.3 Å². The summed E-state index contributed by atoms with van der Waals surface area (Å²) in [6.45, 7) is 5.45. The van der Waals surface area contributed by atoms with Gasteiger partial charge >= 0.3 is 0 Å². The summed E-state index contributed by atoms with van der Waals surface area (Å²) in [5.74, 6) is 1.36. The highest BCUT2D eigenvalue weighted by atomic mass is 16.5. The van der Waals surface area contributed by atoms with Crippen LogP contribution in [0.15, 0.2) is 54.6 Å². The van der Waals surface area contributed by atoms with E-state index in [-0.39, 0.29) is 5.91 Å². The minimum absolute atomic E-state index is 0.0603. The molecule has 1 heterocycles. The Kier molecular flexibility index (Phi) is 7.05. The van der Waals surface area contributed by atoms with Crippen LogP contribution < -0.4 is 10.1 Å². The molecule has 1 aliphatic heterocycles. The van der Waals surface area contributed by atoms with E-state index in [0.717, 1.165) is 51.4 Å². The molecule has 2 aromatic carbocycles. The number of rotatable bonds is 8. The molecule has 0 saturated carbocycles. The van der Waals surface area contributed by atoms with Crippen LogP contribution in [0.1, 0.15) is 23.2 Å². The van der Waals surface area contributed by atoms with E-state index in [1.54, 1.807) is 12.1 Å². The van der Waals surface area contributed by atoms with Crippen molar-refractivity contribution in [2.24, 2.45) is 0 Å². The Bertz CT molecular complexity index is 685. The fourth-order valence-electron chi connectivity index (χ4n) is 2.91. The van der Waals surface area contributed by atoms with Gasteiger partial charge in [0.15, 0.2) is 0 Å². The van der Waals surface area contributed by atoms with Crippen molar-refractivity contribution in [2.75, 3.05) is 39.4 Å². The van der Waals surface area contributed by atoms with E-state index < -0.39 is 0 Å². The lowest BCUT2D eigenvalue weighted by Gasteiger charge is -2.26. The smallest absolute Gasteiger partial charge is 0.251 e. The standard InChI is InChI=1S/C21H26N2O3/c24-21(22-11-4-5-12-23-13-15-25-16-14-23)18-7-6-10-20(17-18)26-19-8-2-1-3-9-19/h1-3,6-10,17H,4-5,11-16H2,(H,22,24). The van der Waals surface area contributed by atoms with E-state index in [0.29, 0.717) is 17.9 Å². The van der Waals surface area contributed by atoms with Gasteiger partial charge in [-0.15, -0.1) is 0 Å². The molecule has 0 aromatic heterocycles. The Hall–Kier alpha value is -2.37. The third-order valence-corrected chi connectivity index (χ3v) is 4.37. The molecule has 0 aliphatic carbocycles. The van der Waals surface area contributed by atoms with E-state index in [1.807, 2.05) is 42.5 Å². The molecular weight excluding hydrogens is 328 g/mol. The molecule has 1 N–H and O–H groups in total. The van der Waals surface area contributed by atoms with Crippen LogP contribution in [0.5, 0.6) is 11.5 Å². The van der Waals surface area contributed by atoms with E-state index in [1.165, 1.54) is 0 Å². The predicted molar refractivity (Wildman–Crippen MR) is 102 cm³/mol. The number of ether oxygens (including phenoxy) is 2. The van der Waals surface area contributed by atoms with Gasteiger partial charge in [0, 0.05) is 25.2 Å². The van der Waals surface area contributed by atoms with Gasteiger partial charge in [0.05, 0.1) is 13.2 Å². The van der Waals surface area contributed by atoms with Crippen molar-refractivity contribution < 1.29 is 14.3 Å². The zero-order chi connectivity index (χ0) is 18.0. The monoisotopic (exact) mass is 354 g/mol. The van der Waals surface area contributed by atoms with Crippen molar-refractivity contribution >= 4 is 5.91 Å². The summed E-state index contributed by atoms with van der Waals surface area (Å²) < 4.78 is 11.1. The number of morpholine rings is 1. The van der Waals surface area contributed by atoms with Crippen molar-refractivity contribution in [3.05, 3.63) is 60.2 Å². The number of carbonyl (C=O) groups excluding carboxylic acids is 1. The predicted octanol–water partition coefficient (Wildman–Crippen LogP) is 3.32. The van der Waals surface area contributed by atoms with Crippen molar-refractivity contribution in [3.63, 3.8) is 0 Å². The summed E-state index contributed by atoms with van der Waals surface area (Å²) in [5.41, 5.74) is 0.617. The second-order valence-corrected chi connectivity index (χ2v) is 6.36. The molecule has 5 heteroatoms. The molecule has 0 unspecified atom stereocenters. The molecule has 0 radical (unpaired) electrons. The number of hydrogen-bond acceptors (Lipinski definition) is 4. The largest absolute Gasteiger partial charge is 0.457 e. The molecule has 1 aliphatic rings. The van der Waals surface area contributed by atoms with Gasteiger partial charge in [-0.3, -0.25) is 9.69 Å². The van der Waals surface area contributed by atoms with Crippen LogP contribution in [-0.4, -0.2) is 50.2 Å². The quantitative estimate of drug-likeness (QED) is 0.739. The second-order valence-electron chi connectivity index (χ2n) is 6.36. The molecule has 26 heavy (non-hydrogen) atoms. The van der Waals surface area contributed by atoms with E-state index in [4.69, 9.17) is 9.47 Å². The highest BCUT2D eigenvalue weighted by molar-refractivity contribution is 5.94. The van der Waals surface area contributed by atoms with Gasteiger partial charge in [-0.05, 0) is 49.7 Å². The van der Waals surface area contributed by atoms with E-state index in [2.05, 4.69) is 10.2 Å². The van der Waals surface area contributed by atoms with Gasteiger partial charge in [-0.25, -0.2) is 0 Å². The Labute approximate surface area is 154 Å². The van der Waals surface area contributed by atoms with Crippen molar-refractivity contribution in [1.29, 1.82) is 0 Å². The number of nitrogens with zero attached hydrogens (tertiary/aromatic N) is 1. The first-order valence-corrected chi connectivity index (χ1v) is 9.22. The van der Waals surface area contributed by atoms with Crippen LogP contribution >= 0.6 is 0 Å². The van der Waals surface area contributed by atoms with Gasteiger partial charge < -0.3 is 14.8 Å². The number of carbonyl (C=O) groups is 1. The van der Waals surface area contributed by atoms with Gasteiger partial charge in [0.2, 0.25) is 0 Å². The van der Waals surface area contributed by atoms with E-state index >= 15 is 0 Å². The van der Waals surface area contributed by atoms with Crippen LogP contribution in [0.4, 0.5) is 0 Å². The molecule has 0 bridgehead atoms. The summed E-state index contributed by atoms with van der Waals surface area (Å²) >= 11 is 0. The lowest BCUT2D eigenvalue weighted by molar-refractivity contribution is 0.0372. The van der Waals surface area contributed by atoms with Crippen LogP contribution in [0, 0.1) is 0 Å². The third-order valence-electron chi connectivity index (χ3n) is 4.37. The molecule has 0 spiro atoms. The molecule has 5 nitrogen and oxygen atoms in total. The van der Waals surface area contributed by atoms with Crippen LogP contribution in [-0.2, 0) is 4.74 Å². The fourth-order valence-corrected chi connectivity index (χ4v) is 2.91. The molecular formula is C21H26N2O3. The Morgan fingerprint density at radius 2 is 1.77 bits per heavy atom. The summed E-state index contributed by atoms with van der Waals surface area (Å²) in [4.78, 5) is 14.7. The highest BCUT2D eigenvalue weighted by Crippen LogP contribution is 2.21. The maximum Gasteiger partial charge on any atom is 0.251 e. The molecule has 1 saturated heterocycles. The number of unbranched alkanes of at least 4 members (excludes halogenated alkanes) is 1. The van der Waals surface area contributed by atoms with Gasteiger partial charge in [0.1, 0.15) is 11.5 Å². The average molecular weight is 354 g/mol. The van der Waals surface area contributed by atoms with Crippen LogP contribution in [0.3, 0.4) is 0 Å². The Morgan fingerprint density at radius 3 is 2.58 bits per heavy atom. The fraction of sp³-hybridized carbons (Fsp3) is 0.381. The lowest BCUT2D eigenvalue weighted by atomic mass is 10.2. The van der Waals surface area contributed by atoms with Crippen molar-refractivity contribution in [1.82, 2.24) is 10.2 Å². The maximum atomic E-state index is 12.3. The highest BCUT2D eigenvalue weighted by Gasteiger charge is 2.10. The Balaban J connectivity index is 1.40. The third kappa shape index (κ3) is 5.86. The van der Waals surface area contributed by atoms with E-state index in [9.17, 15) is 4.79 Å². The number of nitrogens with one attached hydrogen (secondary N) is 1. The number of benzene rings is 2. The van der Waals surface area contributed by atoms with Gasteiger partial charge in [-0.2, -0.15) is 0 Å².